The molecule has 8 heteroatoms. The molecule has 0 bridgehead atoms. The zero-order chi connectivity index (χ0) is 14.9. The van der Waals surface area contributed by atoms with Gasteiger partial charge in [-0.3, -0.25) is 4.21 Å². The standard InChI is InChI=1S/C12H16N4O3S/c1-12(2)8(3-9(12)17)15-11-7(4-13)5-14-10(16-11)6-20(18)19/h5,8-9,17H,3,6H2,1-2H3,(H,18,19)(H,14,15,16)/p-1. The number of rotatable bonds is 4. The molecule has 7 nitrogen and oxygen atoms in total. The maximum Gasteiger partial charge on any atom is 0.147 e. The Hall–Kier alpha value is -1.56. The van der Waals surface area contributed by atoms with Crippen LogP contribution in [0.15, 0.2) is 6.20 Å². The fourth-order valence-electron chi connectivity index (χ4n) is 2.10. The van der Waals surface area contributed by atoms with Crippen molar-refractivity contribution in [2.45, 2.75) is 38.2 Å². The molecule has 2 N–H and O–H groups in total. The lowest BCUT2D eigenvalue weighted by atomic mass is 9.64. The van der Waals surface area contributed by atoms with Gasteiger partial charge in [0.1, 0.15) is 23.3 Å². The maximum atomic E-state index is 10.7. The topological polar surface area (TPSA) is 122 Å². The van der Waals surface area contributed by atoms with Gasteiger partial charge in [-0.2, -0.15) is 5.26 Å². The van der Waals surface area contributed by atoms with Crippen molar-refractivity contribution in [1.82, 2.24) is 9.97 Å². The molecular weight excluding hydrogens is 280 g/mol. The van der Waals surface area contributed by atoms with E-state index < -0.39 is 17.2 Å². The minimum atomic E-state index is -2.28. The van der Waals surface area contributed by atoms with Gasteiger partial charge >= 0.3 is 0 Å². The highest BCUT2D eigenvalue weighted by Crippen LogP contribution is 2.42. The zero-order valence-corrected chi connectivity index (χ0v) is 12.0. The second-order valence-corrected chi connectivity index (χ2v) is 6.27. The Bertz CT molecular complexity index is 585. The van der Waals surface area contributed by atoms with E-state index in [4.69, 9.17) is 5.26 Å². The van der Waals surface area contributed by atoms with Crippen LogP contribution in [0.25, 0.3) is 0 Å². The van der Waals surface area contributed by atoms with Crippen LogP contribution in [0.4, 0.5) is 5.82 Å². The average molecular weight is 295 g/mol. The first-order chi connectivity index (χ1) is 9.34. The third-order valence-electron chi connectivity index (χ3n) is 3.73. The first-order valence-corrected chi connectivity index (χ1v) is 7.35. The summed E-state index contributed by atoms with van der Waals surface area (Å²) >= 11 is -2.28. The van der Waals surface area contributed by atoms with Gasteiger partial charge in [-0.15, -0.1) is 0 Å². The van der Waals surface area contributed by atoms with E-state index in [9.17, 15) is 13.9 Å². The lowest BCUT2D eigenvalue weighted by molar-refractivity contribution is -0.0511. The van der Waals surface area contributed by atoms with E-state index in [0.29, 0.717) is 12.2 Å². The third-order valence-corrected chi connectivity index (χ3v) is 4.23. The molecule has 1 fully saturated rings. The van der Waals surface area contributed by atoms with E-state index in [1.54, 1.807) is 0 Å². The lowest BCUT2D eigenvalue weighted by Gasteiger charge is -2.49. The van der Waals surface area contributed by atoms with E-state index >= 15 is 0 Å². The van der Waals surface area contributed by atoms with Gasteiger partial charge in [-0.1, -0.05) is 13.8 Å². The molecule has 0 aromatic carbocycles. The molecular formula is C12H15N4O3S-. The van der Waals surface area contributed by atoms with Gasteiger partial charge < -0.3 is 15.0 Å². The average Bonchev–Trinajstić information content (AvgIpc) is 2.38. The van der Waals surface area contributed by atoms with E-state index in [0.717, 1.165) is 0 Å². The summed E-state index contributed by atoms with van der Waals surface area (Å²) in [6, 6.07) is 1.94. The maximum absolute atomic E-state index is 10.7. The fraction of sp³-hybridized carbons (Fsp3) is 0.583. The predicted octanol–water partition coefficient (Wildman–Crippen LogP) is 0.299. The van der Waals surface area contributed by atoms with E-state index in [1.807, 2.05) is 19.9 Å². The smallest absolute Gasteiger partial charge is 0.147 e. The second kappa shape index (κ2) is 5.44. The summed E-state index contributed by atoms with van der Waals surface area (Å²) in [5.74, 6) is 0.155. The highest BCUT2D eigenvalue weighted by atomic mass is 32.2. The number of hydrogen-bond acceptors (Lipinski definition) is 7. The lowest BCUT2D eigenvalue weighted by Crippen LogP contribution is -2.57. The number of hydrogen-bond donors (Lipinski definition) is 2. The summed E-state index contributed by atoms with van der Waals surface area (Å²) in [7, 11) is 0. The Morgan fingerprint density at radius 1 is 1.70 bits per heavy atom. The zero-order valence-electron chi connectivity index (χ0n) is 11.2. The van der Waals surface area contributed by atoms with Crippen LogP contribution in [0.2, 0.25) is 0 Å². The second-order valence-electron chi connectivity index (χ2n) is 5.38. The number of nitrogens with one attached hydrogen (secondary N) is 1. The van der Waals surface area contributed by atoms with Gasteiger partial charge in [0.2, 0.25) is 0 Å². The molecule has 0 spiro atoms. The van der Waals surface area contributed by atoms with Crippen molar-refractivity contribution >= 4 is 16.9 Å². The summed E-state index contributed by atoms with van der Waals surface area (Å²) in [5.41, 5.74) is -0.0678. The van der Waals surface area contributed by atoms with E-state index in [1.165, 1.54) is 6.20 Å². The van der Waals surface area contributed by atoms with Crippen molar-refractivity contribution in [1.29, 1.82) is 5.26 Å². The quantitative estimate of drug-likeness (QED) is 0.766. The summed E-state index contributed by atoms with van der Waals surface area (Å²) < 4.78 is 21.3. The van der Waals surface area contributed by atoms with Crippen molar-refractivity contribution in [3.05, 3.63) is 17.6 Å². The normalized spacial score (nSPS) is 25.4. The van der Waals surface area contributed by atoms with Gasteiger partial charge in [-0.05, 0) is 17.5 Å². The number of aliphatic hydroxyl groups excluding tert-OH is 1. The predicted molar refractivity (Wildman–Crippen MR) is 71.2 cm³/mol. The molecule has 0 radical (unpaired) electrons. The van der Waals surface area contributed by atoms with Crippen LogP contribution in [0.1, 0.15) is 31.7 Å². The Morgan fingerprint density at radius 2 is 2.40 bits per heavy atom. The Morgan fingerprint density at radius 3 is 2.90 bits per heavy atom. The van der Waals surface area contributed by atoms with Gasteiger partial charge in [0.25, 0.3) is 0 Å². The van der Waals surface area contributed by atoms with Crippen LogP contribution in [-0.2, 0) is 16.8 Å². The molecule has 3 unspecified atom stereocenters. The van der Waals surface area contributed by atoms with Gasteiger partial charge in [0, 0.05) is 11.5 Å². The van der Waals surface area contributed by atoms with Crippen molar-refractivity contribution in [2.24, 2.45) is 5.41 Å². The summed E-state index contributed by atoms with van der Waals surface area (Å²) in [6.45, 7) is 3.83. The molecule has 1 saturated carbocycles. The Balaban J connectivity index is 2.22. The molecule has 0 saturated heterocycles. The molecule has 1 aromatic rings. The Labute approximate surface area is 119 Å². The van der Waals surface area contributed by atoms with Crippen LogP contribution < -0.4 is 5.32 Å². The highest BCUT2D eigenvalue weighted by molar-refractivity contribution is 7.78. The third kappa shape index (κ3) is 2.80. The van der Waals surface area contributed by atoms with Crippen LogP contribution in [0.5, 0.6) is 0 Å². The minimum Gasteiger partial charge on any atom is -0.772 e. The molecule has 108 valence electrons. The number of aliphatic hydroxyl groups is 1. The molecule has 20 heavy (non-hydrogen) atoms. The minimum absolute atomic E-state index is 0.0231. The van der Waals surface area contributed by atoms with Gasteiger partial charge in [0.05, 0.1) is 18.1 Å². The van der Waals surface area contributed by atoms with E-state index in [2.05, 4.69) is 15.3 Å². The van der Waals surface area contributed by atoms with Crippen molar-refractivity contribution in [3.8, 4) is 6.07 Å². The van der Waals surface area contributed by atoms with Crippen LogP contribution in [0, 0.1) is 16.7 Å². The number of nitrogens with zero attached hydrogens (tertiary/aromatic N) is 3. The molecule has 2 rings (SSSR count). The first-order valence-electron chi connectivity index (χ1n) is 6.11. The van der Waals surface area contributed by atoms with Crippen molar-refractivity contribution < 1.29 is 13.9 Å². The van der Waals surface area contributed by atoms with Crippen LogP contribution >= 0.6 is 0 Å². The monoisotopic (exact) mass is 295 g/mol. The largest absolute Gasteiger partial charge is 0.772 e. The van der Waals surface area contributed by atoms with Crippen molar-refractivity contribution in [2.75, 3.05) is 5.32 Å². The SMILES string of the molecule is CC1(C)C(O)CC1Nc1nc(CS(=O)[O-])ncc1C#N. The molecule has 1 heterocycles. The van der Waals surface area contributed by atoms with Crippen molar-refractivity contribution in [3.63, 3.8) is 0 Å². The number of nitriles is 1. The van der Waals surface area contributed by atoms with Gasteiger partial charge in [0.15, 0.2) is 0 Å². The highest BCUT2D eigenvalue weighted by Gasteiger charge is 2.47. The fourth-order valence-corrected chi connectivity index (χ4v) is 2.45. The first kappa shape index (κ1) is 14.8. The summed E-state index contributed by atoms with van der Waals surface area (Å²) in [6.07, 6.45) is 1.46. The molecule has 1 aliphatic rings. The van der Waals surface area contributed by atoms with Crippen LogP contribution in [0.3, 0.4) is 0 Å². The molecule has 1 aliphatic carbocycles. The molecule has 0 aliphatic heterocycles. The molecule has 3 atom stereocenters. The number of anilines is 1. The summed E-state index contributed by atoms with van der Waals surface area (Å²) in [5, 5.41) is 21.8. The van der Waals surface area contributed by atoms with E-state index in [-0.39, 0.29) is 28.6 Å². The van der Waals surface area contributed by atoms with Crippen LogP contribution in [-0.4, -0.2) is 36.0 Å². The Kier molecular flexibility index (Phi) is 4.04. The van der Waals surface area contributed by atoms with Gasteiger partial charge in [-0.25, -0.2) is 9.97 Å². The number of aromatic nitrogens is 2. The summed E-state index contributed by atoms with van der Waals surface area (Å²) in [4.78, 5) is 7.91. The molecule has 1 aromatic heterocycles. The molecule has 0 amide bonds.